The van der Waals surface area contributed by atoms with Crippen LogP contribution in [0.25, 0.3) is 0 Å². The maximum atomic E-state index is 11.7. The number of esters is 2. The molecule has 4 aromatic rings. The molecule has 0 radical (unpaired) electrons. The quantitative estimate of drug-likeness (QED) is 0.145. The van der Waals surface area contributed by atoms with Crippen LogP contribution in [-0.4, -0.2) is 74.2 Å². The maximum Gasteiger partial charge on any atom is 0.310 e. The van der Waals surface area contributed by atoms with Crippen molar-refractivity contribution in [3.63, 3.8) is 0 Å². The molecule has 0 saturated carbocycles. The number of carboxylic acids is 2. The predicted molar refractivity (Wildman–Crippen MR) is 202 cm³/mol. The summed E-state index contributed by atoms with van der Waals surface area (Å²) in [7, 11) is 0. The summed E-state index contributed by atoms with van der Waals surface area (Å²) in [6.45, 7) is 3.73. The van der Waals surface area contributed by atoms with Crippen molar-refractivity contribution in [1.82, 2.24) is 0 Å². The van der Waals surface area contributed by atoms with Crippen molar-refractivity contribution in [2.75, 3.05) is 50.0 Å². The zero-order chi connectivity index (χ0) is 37.9. The number of rotatable bonds is 12. The molecule has 0 unspecified atom stereocenters. The predicted octanol–water partition coefficient (Wildman–Crippen LogP) is 0.623. The van der Waals surface area contributed by atoms with E-state index in [0.29, 0.717) is 54.0 Å². The molecule has 1 heterocycles. The van der Waals surface area contributed by atoms with Gasteiger partial charge >= 0.3 is 11.9 Å². The molecule has 0 atom stereocenters. The Morgan fingerprint density at radius 3 is 1.15 bits per heavy atom. The number of para-hydroxylation sites is 4. The van der Waals surface area contributed by atoms with Crippen LogP contribution in [0.1, 0.15) is 11.1 Å². The Morgan fingerprint density at radius 1 is 0.537 bits per heavy atom. The number of benzene rings is 4. The van der Waals surface area contributed by atoms with Crippen molar-refractivity contribution >= 4 is 93.0 Å². The van der Waals surface area contributed by atoms with Crippen LogP contribution in [0.15, 0.2) is 84.9 Å². The fourth-order valence-electron chi connectivity index (χ4n) is 4.55. The lowest BCUT2D eigenvalue weighted by Crippen LogP contribution is -3.04. The van der Waals surface area contributed by atoms with E-state index in [1.165, 1.54) is 26.2 Å². The zero-order valence-corrected chi connectivity index (χ0v) is 31.7. The molecule has 1 aliphatic heterocycles. The van der Waals surface area contributed by atoms with Gasteiger partial charge in [-0.1, -0.05) is 94.9 Å². The van der Waals surface area contributed by atoms with E-state index in [1.54, 1.807) is 84.9 Å². The standard InChI is InChI=1S/2C16H13Cl2NO4.C4H10N2.2H2O/c2*17-11-5-3-6-12(18)16(11)19-13-7-2-1-4-10(13)8-15(22)23-9-14(20)21;1-2-6-4-3-5-1;;/h2*1-7,19H,8-9H2,(H,20,21);5-6H,1-4H2;2*1H2. The van der Waals surface area contributed by atoms with Crippen molar-refractivity contribution in [2.24, 2.45) is 0 Å². The van der Waals surface area contributed by atoms with Crippen molar-refractivity contribution < 1.29 is 60.5 Å². The van der Waals surface area contributed by atoms with E-state index in [2.05, 4.69) is 30.7 Å². The number of carboxylic acid groups (broad SMARTS) is 2. The van der Waals surface area contributed by atoms with Crippen molar-refractivity contribution in [2.45, 2.75) is 12.8 Å². The Kier molecular flexibility index (Phi) is 22.3. The molecule has 1 fully saturated rings. The van der Waals surface area contributed by atoms with Gasteiger partial charge in [-0.05, 0) is 47.5 Å². The number of quaternary nitrogens is 2. The van der Waals surface area contributed by atoms with Crippen LogP contribution < -0.4 is 31.5 Å². The topological polar surface area (TPSA) is 253 Å². The van der Waals surface area contributed by atoms with Gasteiger partial charge in [-0.3, -0.25) is 9.59 Å². The summed E-state index contributed by atoms with van der Waals surface area (Å²) in [5, 5.41) is 33.2. The number of nitrogens with one attached hydrogen (secondary N) is 2. The smallest absolute Gasteiger partial charge is 0.310 e. The van der Waals surface area contributed by atoms with E-state index in [1.807, 2.05) is 0 Å². The molecule has 14 nitrogen and oxygen atoms in total. The summed E-state index contributed by atoms with van der Waals surface area (Å²) < 4.78 is 9.16. The normalized spacial score (nSPS) is 11.3. The number of carbonyl (C=O) groups is 4. The number of anilines is 4. The van der Waals surface area contributed by atoms with E-state index in [0.717, 1.165) is 0 Å². The molecule has 54 heavy (non-hydrogen) atoms. The number of carbonyl (C=O) groups excluding carboxylic acids is 4. The summed E-state index contributed by atoms with van der Waals surface area (Å²) in [4.78, 5) is 43.9. The second-order valence-corrected chi connectivity index (χ2v) is 12.5. The minimum Gasteiger partial charge on any atom is -0.546 e. The number of hydrogen-bond donors (Lipinski definition) is 4. The molecule has 5 rings (SSSR count). The van der Waals surface area contributed by atoms with Gasteiger partial charge in [0.2, 0.25) is 0 Å². The molecule has 292 valence electrons. The number of aliphatic carboxylic acids is 2. The van der Waals surface area contributed by atoms with Crippen LogP contribution in [0.2, 0.25) is 20.1 Å². The van der Waals surface area contributed by atoms with E-state index >= 15 is 0 Å². The maximum absolute atomic E-state index is 11.7. The van der Waals surface area contributed by atoms with Crippen LogP contribution in [0, 0.1) is 0 Å². The van der Waals surface area contributed by atoms with Gasteiger partial charge in [-0.15, -0.1) is 0 Å². The van der Waals surface area contributed by atoms with Gasteiger partial charge in [-0.25, -0.2) is 0 Å². The van der Waals surface area contributed by atoms with Gasteiger partial charge in [0, 0.05) is 11.4 Å². The third-order valence-electron chi connectivity index (χ3n) is 7.00. The summed E-state index contributed by atoms with van der Waals surface area (Å²) >= 11 is 24.4. The first-order chi connectivity index (χ1) is 24.9. The lowest BCUT2D eigenvalue weighted by molar-refractivity contribution is -0.787. The fraction of sp³-hybridized carbons (Fsp3) is 0.222. The van der Waals surface area contributed by atoms with Gasteiger partial charge < -0.3 is 61.5 Å². The Labute approximate surface area is 331 Å². The molecule has 4 aromatic carbocycles. The highest BCUT2D eigenvalue weighted by molar-refractivity contribution is 6.39. The summed E-state index contributed by atoms with van der Waals surface area (Å²) in [5.41, 5.74) is 3.51. The Bertz CT molecular complexity index is 1650. The molecule has 10 N–H and O–H groups in total. The molecular weight excluding hydrogens is 790 g/mol. The Balaban J connectivity index is 0.000000452. The number of halogens is 4. The average molecular weight is 831 g/mol. The zero-order valence-electron chi connectivity index (χ0n) is 28.7. The van der Waals surface area contributed by atoms with E-state index in [4.69, 9.17) is 46.4 Å². The van der Waals surface area contributed by atoms with Crippen molar-refractivity contribution in [3.05, 3.63) is 116 Å². The van der Waals surface area contributed by atoms with E-state index < -0.39 is 37.1 Å². The Hall–Kier alpha value is -4.64. The van der Waals surface area contributed by atoms with Crippen LogP contribution in [0.4, 0.5) is 22.7 Å². The number of piperazine rings is 1. The molecule has 0 spiro atoms. The first-order valence-corrected chi connectivity index (χ1v) is 17.4. The van der Waals surface area contributed by atoms with Crippen molar-refractivity contribution in [3.8, 4) is 0 Å². The molecule has 0 bridgehead atoms. The van der Waals surface area contributed by atoms with Crippen molar-refractivity contribution in [1.29, 1.82) is 0 Å². The number of ether oxygens (including phenoxy) is 2. The van der Waals surface area contributed by atoms with Gasteiger partial charge in [0.1, 0.15) is 39.4 Å². The molecule has 1 aliphatic rings. The van der Waals surface area contributed by atoms with Crippen LogP contribution >= 0.6 is 46.4 Å². The molecule has 1 saturated heterocycles. The van der Waals surface area contributed by atoms with Gasteiger partial charge in [0.05, 0.1) is 56.2 Å². The SMILES string of the molecule is C1C[NH2+]CC[NH2+]1.O.O.O=C([O-])COC(=O)Cc1ccccc1Nc1c(Cl)cccc1Cl.O=C([O-])COC(=O)Cc1ccccc1Nc1c(Cl)cccc1Cl. The summed E-state index contributed by atoms with van der Waals surface area (Å²) in [6.07, 6.45) is -0.197. The molecule has 0 amide bonds. The van der Waals surface area contributed by atoms with Gasteiger partial charge in [0.15, 0.2) is 0 Å². The highest BCUT2D eigenvalue weighted by Crippen LogP contribution is 2.35. The van der Waals surface area contributed by atoms with Crippen LogP contribution in [-0.2, 0) is 41.5 Å². The molecule has 0 aromatic heterocycles. The van der Waals surface area contributed by atoms with Crippen LogP contribution in [0.3, 0.4) is 0 Å². The number of nitrogens with two attached hydrogens (primary N) is 2. The molecule has 18 heteroatoms. The monoisotopic (exact) mass is 828 g/mol. The van der Waals surface area contributed by atoms with E-state index in [-0.39, 0.29) is 23.8 Å². The molecular formula is C36H40Cl4N4O10. The van der Waals surface area contributed by atoms with Crippen LogP contribution in [0.5, 0.6) is 0 Å². The third-order valence-corrected chi connectivity index (χ3v) is 8.26. The highest BCUT2D eigenvalue weighted by Gasteiger charge is 2.14. The fourth-order valence-corrected chi connectivity index (χ4v) is 5.53. The second-order valence-electron chi connectivity index (χ2n) is 10.9. The first kappa shape index (κ1) is 47.4. The minimum absolute atomic E-state index is 0. The highest BCUT2D eigenvalue weighted by atomic mass is 35.5. The minimum atomic E-state index is -1.45. The summed E-state index contributed by atoms with van der Waals surface area (Å²) in [6, 6.07) is 24.2. The number of hydrogen-bond acceptors (Lipinski definition) is 10. The average Bonchev–Trinajstić information content (AvgIpc) is 3.12. The molecule has 0 aliphatic carbocycles. The largest absolute Gasteiger partial charge is 0.546 e. The van der Waals surface area contributed by atoms with Gasteiger partial charge in [-0.2, -0.15) is 0 Å². The lowest BCUT2D eigenvalue weighted by atomic mass is 10.1. The van der Waals surface area contributed by atoms with Gasteiger partial charge in [0.25, 0.3) is 0 Å². The third kappa shape index (κ3) is 17.0. The lowest BCUT2D eigenvalue weighted by Gasteiger charge is -2.14. The Morgan fingerprint density at radius 2 is 0.852 bits per heavy atom. The second kappa shape index (κ2) is 25.4. The van der Waals surface area contributed by atoms with E-state index in [9.17, 15) is 29.4 Å². The summed E-state index contributed by atoms with van der Waals surface area (Å²) in [5.74, 6) is -4.25. The first-order valence-electron chi connectivity index (χ1n) is 15.9.